The first-order valence-corrected chi connectivity index (χ1v) is 10.1. The number of carbonyl (C=O) groups excluding carboxylic acids is 3. The monoisotopic (exact) mass is 416 g/mol. The number of phenols is 2. The van der Waals surface area contributed by atoms with Gasteiger partial charge in [0.25, 0.3) is 11.1 Å². The Bertz CT molecular complexity index is 990. The number of nitrogens with one attached hydrogen (secondary N) is 1. The first-order valence-electron chi connectivity index (χ1n) is 8.08. The molecule has 0 bridgehead atoms. The summed E-state index contributed by atoms with van der Waals surface area (Å²) >= 11 is 2.24. The summed E-state index contributed by atoms with van der Waals surface area (Å²) in [5.41, 5.74) is 1.03. The van der Waals surface area contributed by atoms with Gasteiger partial charge in [-0.1, -0.05) is 12.1 Å². The van der Waals surface area contributed by atoms with Gasteiger partial charge in [-0.05, 0) is 60.0 Å². The molecule has 2 aromatic carbocycles. The van der Waals surface area contributed by atoms with Gasteiger partial charge in [-0.25, -0.2) is 0 Å². The van der Waals surface area contributed by atoms with Crippen LogP contribution in [0.15, 0.2) is 52.3 Å². The summed E-state index contributed by atoms with van der Waals surface area (Å²) in [6.45, 7) is -0.396. The molecule has 3 amide bonds. The van der Waals surface area contributed by atoms with E-state index in [0.29, 0.717) is 23.0 Å². The summed E-state index contributed by atoms with van der Waals surface area (Å²) in [6, 6.07) is 11.3. The number of hydrogen-bond acceptors (Lipinski definition) is 7. The number of amides is 3. The minimum Gasteiger partial charge on any atom is -0.504 e. The standard InChI is InChI=1S/C19H16N2O5S2/c1-27-13-4-2-3-12(9-13)20-17(24)10-21-18(25)16(28-19(21)26)8-11-5-6-14(22)15(23)7-11/h2-9,22-23H,10H2,1H3,(H,20,24)/b16-8+. The molecule has 1 fully saturated rings. The molecular weight excluding hydrogens is 400 g/mol. The largest absolute Gasteiger partial charge is 0.504 e. The van der Waals surface area contributed by atoms with Crippen LogP contribution in [-0.4, -0.2) is 45.0 Å². The number of nitrogens with zero attached hydrogens (tertiary/aromatic N) is 1. The highest BCUT2D eigenvalue weighted by molar-refractivity contribution is 8.18. The second kappa shape index (κ2) is 8.41. The molecule has 0 radical (unpaired) electrons. The van der Waals surface area contributed by atoms with Crippen LogP contribution in [-0.2, 0) is 9.59 Å². The van der Waals surface area contributed by atoms with Gasteiger partial charge in [-0.2, -0.15) is 0 Å². The SMILES string of the molecule is CSc1cccc(NC(=O)CN2C(=O)S/C(=C/c3ccc(O)c(O)c3)C2=O)c1. The molecule has 9 heteroatoms. The highest BCUT2D eigenvalue weighted by atomic mass is 32.2. The van der Waals surface area contributed by atoms with E-state index in [-0.39, 0.29) is 16.4 Å². The summed E-state index contributed by atoms with van der Waals surface area (Å²) in [6.07, 6.45) is 3.34. The molecule has 3 rings (SSSR count). The summed E-state index contributed by atoms with van der Waals surface area (Å²) in [5.74, 6) is -1.69. The number of rotatable bonds is 5. The zero-order valence-electron chi connectivity index (χ0n) is 14.7. The third kappa shape index (κ3) is 4.49. The maximum atomic E-state index is 12.5. The van der Waals surface area contributed by atoms with Gasteiger partial charge in [-0.15, -0.1) is 11.8 Å². The van der Waals surface area contributed by atoms with E-state index in [4.69, 9.17) is 0 Å². The molecule has 144 valence electrons. The Morgan fingerprint density at radius 2 is 1.96 bits per heavy atom. The Hall–Kier alpha value is -2.91. The van der Waals surface area contributed by atoms with Crippen LogP contribution in [0.5, 0.6) is 11.5 Å². The molecule has 28 heavy (non-hydrogen) atoms. The van der Waals surface area contributed by atoms with Gasteiger partial charge < -0.3 is 15.5 Å². The fourth-order valence-corrected chi connectivity index (χ4v) is 3.76. The predicted molar refractivity (Wildman–Crippen MR) is 109 cm³/mol. The van der Waals surface area contributed by atoms with Gasteiger partial charge in [0.05, 0.1) is 4.91 Å². The molecule has 1 heterocycles. The number of anilines is 1. The number of thioether (sulfide) groups is 2. The smallest absolute Gasteiger partial charge is 0.294 e. The number of hydrogen-bond donors (Lipinski definition) is 3. The lowest BCUT2D eigenvalue weighted by molar-refractivity contribution is -0.127. The molecular formula is C19H16N2O5S2. The maximum absolute atomic E-state index is 12.5. The topological polar surface area (TPSA) is 107 Å². The summed E-state index contributed by atoms with van der Waals surface area (Å²) in [4.78, 5) is 38.9. The molecule has 1 aliphatic heterocycles. The molecule has 1 aliphatic rings. The minimum atomic E-state index is -0.587. The van der Waals surface area contributed by atoms with Crippen molar-refractivity contribution >= 4 is 52.3 Å². The highest BCUT2D eigenvalue weighted by Gasteiger charge is 2.36. The van der Waals surface area contributed by atoms with Crippen LogP contribution in [0.1, 0.15) is 5.56 Å². The van der Waals surface area contributed by atoms with E-state index in [2.05, 4.69) is 5.32 Å². The lowest BCUT2D eigenvalue weighted by Crippen LogP contribution is -2.36. The van der Waals surface area contributed by atoms with Crippen molar-refractivity contribution in [1.82, 2.24) is 4.90 Å². The Labute approximate surface area is 169 Å². The molecule has 1 saturated heterocycles. The Balaban J connectivity index is 1.70. The molecule has 7 nitrogen and oxygen atoms in total. The van der Waals surface area contributed by atoms with Crippen molar-refractivity contribution < 1.29 is 24.6 Å². The van der Waals surface area contributed by atoms with Crippen molar-refractivity contribution in [3.63, 3.8) is 0 Å². The first-order chi connectivity index (χ1) is 13.4. The van der Waals surface area contributed by atoms with Crippen LogP contribution in [0.3, 0.4) is 0 Å². The predicted octanol–water partition coefficient (Wildman–Crippen LogP) is 3.49. The number of carbonyl (C=O) groups is 3. The number of aromatic hydroxyl groups is 2. The second-order valence-corrected chi connectivity index (χ2v) is 7.67. The van der Waals surface area contributed by atoms with Gasteiger partial charge in [-0.3, -0.25) is 19.3 Å². The van der Waals surface area contributed by atoms with Crippen LogP contribution in [0.2, 0.25) is 0 Å². The van der Waals surface area contributed by atoms with Crippen molar-refractivity contribution in [2.45, 2.75) is 4.90 Å². The quantitative estimate of drug-likeness (QED) is 0.389. The summed E-state index contributed by atoms with van der Waals surface area (Å²) in [7, 11) is 0. The molecule has 0 aromatic heterocycles. The van der Waals surface area contributed by atoms with E-state index in [1.54, 1.807) is 18.2 Å². The second-order valence-electron chi connectivity index (χ2n) is 5.80. The van der Waals surface area contributed by atoms with Gasteiger partial charge >= 0.3 is 0 Å². The van der Waals surface area contributed by atoms with E-state index in [1.807, 2.05) is 12.3 Å². The Morgan fingerprint density at radius 3 is 2.68 bits per heavy atom. The normalized spacial score (nSPS) is 15.3. The number of imide groups is 1. The van der Waals surface area contributed by atoms with Gasteiger partial charge in [0, 0.05) is 10.6 Å². The summed E-state index contributed by atoms with van der Waals surface area (Å²) in [5, 5.41) is 21.0. The molecule has 0 atom stereocenters. The Kier molecular flexibility index (Phi) is 5.96. The Morgan fingerprint density at radius 1 is 1.18 bits per heavy atom. The van der Waals surface area contributed by atoms with Crippen LogP contribution in [0.25, 0.3) is 6.08 Å². The van der Waals surface area contributed by atoms with Gasteiger partial charge in [0.2, 0.25) is 5.91 Å². The third-order valence-corrected chi connectivity index (χ3v) is 5.46. The highest BCUT2D eigenvalue weighted by Crippen LogP contribution is 2.33. The number of benzene rings is 2. The minimum absolute atomic E-state index is 0.132. The summed E-state index contributed by atoms with van der Waals surface area (Å²) < 4.78 is 0. The lowest BCUT2D eigenvalue weighted by Gasteiger charge is -2.12. The van der Waals surface area contributed by atoms with E-state index in [0.717, 1.165) is 9.80 Å². The zero-order valence-corrected chi connectivity index (χ0v) is 16.3. The van der Waals surface area contributed by atoms with E-state index in [9.17, 15) is 24.6 Å². The average molecular weight is 416 g/mol. The van der Waals surface area contributed by atoms with Crippen molar-refractivity contribution in [3.05, 3.63) is 52.9 Å². The molecule has 0 aliphatic carbocycles. The van der Waals surface area contributed by atoms with Crippen molar-refractivity contribution in [2.75, 3.05) is 18.1 Å². The van der Waals surface area contributed by atoms with Crippen molar-refractivity contribution in [2.24, 2.45) is 0 Å². The first kappa shape index (κ1) is 19.8. The molecule has 0 spiro atoms. The number of phenolic OH excluding ortho intramolecular Hbond substituents is 2. The molecule has 0 saturated carbocycles. The van der Waals surface area contributed by atoms with Crippen LogP contribution in [0, 0.1) is 0 Å². The molecule has 3 N–H and O–H groups in total. The van der Waals surface area contributed by atoms with E-state index in [1.165, 1.54) is 36.0 Å². The maximum Gasteiger partial charge on any atom is 0.294 e. The third-order valence-electron chi connectivity index (χ3n) is 3.83. The van der Waals surface area contributed by atoms with Gasteiger partial charge in [0.15, 0.2) is 11.5 Å². The average Bonchev–Trinajstić information content (AvgIpc) is 2.92. The zero-order chi connectivity index (χ0) is 20.3. The van der Waals surface area contributed by atoms with Crippen LogP contribution >= 0.6 is 23.5 Å². The lowest BCUT2D eigenvalue weighted by atomic mass is 10.2. The van der Waals surface area contributed by atoms with Crippen molar-refractivity contribution in [3.8, 4) is 11.5 Å². The van der Waals surface area contributed by atoms with E-state index < -0.39 is 23.6 Å². The fourth-order valence-electron chi connectivity index (χ4n) is 2.46. The molecule has 2 aromatic rings. The molecule has 0 unspecified atom stereocenters. The van der Waals surface area contributed by atoms with E-state index >= 15 is 0 Å². The van der Waals surface area contributed by atoms with Crippen molar-refractivity contribution in [1.29, 1.82) is 0 Å². The van der Waals surface area contributed by atoms with Crippen LogP contribution in [0.4, 0.5) is 10.5 Å². The fraction of sp³-hybridized carbons (Fsp3) is 0.105. The van der Waals surface area contributed by atoms with Crippen LogP contribution < -0.4 is 5.32 Å². The van der Waals surface area contributed by atoms with Gasteiger partial charge in [0.1, 0.15) is 6.54 Å².